The third-order valence-corrected chi connectivity index (χ3v) is 0. The Morgan fingerprint density at radius 2 is 1.50 bits per heavy atom. The molecule has 0 aromatic heterocycles. The van der Waals surface area contributed by atoms with Crippen molar-refractivity contribution in [1.82, 2.24) is 0 Å². The summed E-state index contributed by atoms with van der Waals surface area (Å²) in [4.78, 5) is 0. The second-order valence-corrected chi connectivity index (χ2v) is 0.414. The van der Waals surface area contributed by atoms with Gasteiger partial charge in [0, 0.05) is 6.92 Å². The van der Waals surface area contributed by atoms with Gasteiger partial charge >= 0.3 is 0 Å². The lowest BCUT2D eigenvalue weighted by Crippen LogP contribution is -1.92. The van der Waals surface area contributed by atoms with Crippen molar-refractivity contribution >= 4 is 0 Å². The molecule has 0 aliphatic carbocycles. The second kappa shape index (κ2) is 1.26. The summed E-state index contributed by atoms with van der Waals surface area (Å²) in [5.41, 5.74) is 0. The SMILES string of the molecule is [CH]C(O)O. The number of aliphatic hydroxyl groups excluding tert-OH is 1. The molecule has 2 nitrogen and oxygen atoms in total. The van der Waals surface area contributed by atoms with E-state index in [1.807, 2.05) is 0 Å². The van der Waals surface area contributed by atoms with Crippen LogP contribution in [0.25, 0.3) is 0 Å². The summed E-state index contributed by atoms with van der Waals surface area (Å²) in [5.74, 6) is 0. The highest BCUT2D eigenvalue weighted by Crippen LogP contribution is 1.56. The van der Waals surface area contributed by atoms with Crippen LogP contribution in [-0.2, 0) is 0 Å². The average Bonchev–Trinajstić information content (AvgIpc) is 0.811. The first-order valence-electron chi connectivity index (χ1n) is 0.850. The maximum Gasteiger partial charge on any atom is 0.155 e. The van der Waals surface area contributed by atoms with Crippen LogP contribution in [-0.4, -0.2) is 16.5 Å². The molecule has 0 aromatic carbocycles. The van der Waals surface area contributed by atoms with Crippen molar-refractivity contribution in [3.05, 3.63) is 6.92 Å². The fourth-order valence-electron chi connectivity index (χ4n) is 0. The Hall–Kier alpha value is -0.0800. The summed E-state index contributed by atoms with van der Waals surface area (Å²) in [7, 11) is 0. The standard InChI is InChI=1S/C2H4O2/c1-2(3)4/h1-4H. The summed E-state index contributed by atoms with van der Waals surface area (Å²) in [5, 5.41) is 14.8. The van der Waals surface area contributed by atoms with Crippen molar-refractivity contribution in [3.8, 4) is 0 Å². The number of hydrogen-bond acceptors (Lipinski definition) is 2. The fraction of sp³-hybridized carbons (Fsp3) is 0.500. The molecule has 0 aromatic rings. The largest absolute Gasteiger partial charge is 0.368 e. The van der Waals surface area contributed by atoms with Gasteiger partial charge in [-0.25, -0.2) is 0 Å². The Bertz CT molecular complexity index is 8.75. The number of hydrogen-bond donors (Lipinski definition) is 2. The third kappa shape index (κ3) is 254. The predicted molar refractivity (Wildman–Crippen MR) is 12.5 cm³/mol. The summed E-state index contributed by atoms with van der Waals surface area (Å²) < 4.78 is 0. The molecule has 0 rings (SSSR count). The molecule has 0 heterocycles. The molecular formula is C2H4O2. The van der Waals surface area contributed by atoms with Crippen molar-refractivity contribution < 1.29 is 10.2 Å². The predicted octanol–water partition coefficient (Wildman–Crippen LogP) is -0.992. The van der Waals surface area contributed by atoms with Crippen LogP contribution in [0.15, 0.2) is 0 Å². The van der Waals surface area contributed by atoms with E-state index in [0.29, 0.717) is 0 Å². The van der Waals surface area contributed by atoms with Crippen molar-refractivity contribution in [2.45, 2.75) is 6.29 Å². The lowest BCUT2D eigenvalue weighted by Gasteiger charge is -1.79. The summed E-state index contributed by atoms with van der Waals surface area (Å²) in [6, 6.07) is 0. The molecule has 0 amide bonds. The molecule has 0 fully saturated rings. The first kappa shape index (κ1) is 3.92. The van der Waals surface area contributed by atoms with Crippen molar-refractivity contribution in [3.63, 3.8) is 0 Å². The molecule has 0 aliphatic heterocycles. The molecule has 2 N–H and O–H groups in total. The lowest BCUT2D eigenvalue weighted by atomic mass is 10.8. The van der Waals surface area contributed by atoms with E-state index in [4.69, 9.17) is 10.2 Å². The maximum absolute atomic E-state index is 7.39. The van der Waals surface area contributed by atoms with Crippen LogP contribution >= 0.6 is 0 Å². The minimum atomic E-state index is -1.67. The van der Waals surface area contributed by atoms with Gasteiger partial charge in [0.2, 0.25) is 0 Å². The van der Waals surface area contributed by atoms with Gasteiger partial charge in [-0.15, -0.1) is 0 Å². The molecule has 0 atom stereocenters. The van der Waals surface area contributed by atoms with E-state index in [0.717, 1.165) is 0 Å². The minimum Gasteiger partial charge on any atom is -0.368 e. The van der Waals surface area contributed by atoms with Crippen LogP contribution in [0, 0.1) is 6.92 Å². The van der Waals surface area contributed by atoms with Crippen LogP contribution in [0.1, 0.15) is 0 Å². The van der Waals surface area contributed by atoms with E-state index in [1.54, 1.807) is 0 Å². The maximum atomic E-state index is 7.39. The average molecular weight is 60.1 g/mol. The highest BCUT2D eigenvalue weighted by atomic mass is 16.5. The Balaban J connectivity index is 2.32. The van der Waals surface area contributed by atoms with Crippen LogP contribution in [0.4, 0.5) is 0 Å². The van der Waals surface area contributed by atoms with Crippen LogP contribution in [0.3, 0.4) is 0 Å². The molecule has 0 aliphatic rings. The molecular weight excluding hydrogens is 56.0 g/mol. The molecule has 0 bridgehead atoms. The van der Waals surface area contributed by atoms with Gasteiger partial charge in [-0.3, -0.25) is 0 Å². The normalized spacial score (nSPS) is 9.00. The number of aliphatic hydroxyl groups is 2. The van der Waals surface area contributed by atoms with Crippen molar-refractivity contribution in [2.24, 2.45) is 0 Å². The highest BCUT2D eigenvalue weighted by molar-refractivity contribution is 4.28. The molecule has 2 radical (unpaired) electrons. The Labute approximate surface area is 24.7 Å². The second-order valence-electron chi connectivity index (χ2n) is 0.414. The molecule has 0 spiro atoms. The van der Waals surface area contributed by atoms with E-state index in [9.17, 15) is 0 Å². The first-order valence-corrected chi connectivity index (χ1v) is 0.850. The van der Waals surface area contributed by atoms with Gasteiger partial charge in [0.25, 0.3) is 0 Å². The molecule has 0 saturated carbocycles. The molecule has 4 heavy (non-hydrogen) atoms. The van der Waals surface area contributed by atoms with E-state index in [-0.39, 0.29) is 0 Å². The minimum absolute atomic E-state index is 1.67. The van der Waals surface area contributed by atoms with Gasteiger partial charge in [-0.05, 0) is 0 Å². The van der Waals surface area contributed by atoms with Gasteiger partial charge < -0.3 is 10.2 Å². The van der Waals surface area contributed by atoms with Gasteiger partial charge in [0.05, 0.1) is 0 Å². The van der Waals surface area contributed by atoms with Gasteiger partial charge in [-0.2, -0.15) is 0 Å². The number of rotatable bonds is 0. The Morgan fingerprint density at radius 3 is 1.50 bits per heavy atom. The molecule has 2 heteroatoms. The third-order valence-electron chi connectivity index (χ3n) is 0. The van der Waals surface area contributed by atoms with Gasteiger partial charge in [0.15, 0.2) is 6.29 Å². The zero-order valence-corrected chi connectivity index (χ0v) is 2.05. The summed E-state index contributed by atoms with van der Waals surface area (Å²) in [6.45, 7) is 4.22. The van der Waals surface area contributed by atoms with E-state index >= 15 is 0 Å². The Morgan fingerprint density at radius 1 is 1.50 bits per heavy atom. The van der Waals surface area contributed by atoms with E-state index in [2.05, 4.69) is 6.92 Å². The summed E-state index contributed by atoms with van der Waals surface area (Å²) in [6.07, 6.45) is -1.67. The van der Waals surface area contributed by atoms with Gasteiger partial charge in [-0.1, -0.05) is 0 Å². The Kier molecular flexibility index (Phi) is 1.24. The monoisotopic (exact) mass is 60.0 g/mol. The zero-order chi connectivity index (χ0) is 3.58. The topological polar surface area (TPSA) is 40.5 Å². The van der Waals surface area contributed by atoms with Crippen LogP contribution < -0.4 is 0 Å². The highest BCUT2D eigenvalue weighted by Gasteiger charge is 1.71. The van der Waals surface area contributed by atoms with Crippen LogP contribution in [0.5, 0.6) is 0 Å². The summed E-state index contributed by atoms with van der Waals surface area (Å²) >= 11 is 0. The molecule has 0 unspecified atom stereocenters. The van der Waals surface area contributed by atoms with Crippen LogP contribution in [0.2, 0.25) is 0 Å². The fourth-order valence-corrected chi connectivity index (χ4v) is 0. The first-order chi connectivity index (χ1) is 1.73. The van der Waals surface area contributed by atoms with Crippen molar-refractivity contribution in [2.75, 3.05) is 0 Å². The van der Waals surface area contributed by atoms with Crippen molar-refractivity contribution in [1.29, 1.82) is 0 Å². The molecule has 0 saturated heterocycles. The van der Waals surface area contributed by atoms with E-state index < -0.39 is 6.29 Å². The lowest BCUT2D eigenvalue weighted by molar-refractivity contribution is -0.000172. The zero-order valence-electron chi connectivity index (χ0n) is 2.05. The quantitative estimate of drug-likeness (QED) is 0.352. The molecule has 24 valence electrons. The van der Waals surface area contributed by atoms with Gasteiger partial charge in [0.1, 0.15) is 0 Å². The van der Waals surface area contributed by atoms with E-state index in [1.165, 1.54) is 0 Å². The smallest absolute Gasteiger partial charge is 0.155 e.